The topological polar surface area (TPSA) is 12.4 Å². The Kier molecular flexibility index (Phi) is 9.38. The van der Waals surface area contributed by atoms with Crippen LogP contribution < -0.4 is 0 Å². The third-order valence-corrected chi connectivity index (χ3v) is 6.07. The second-order valence-electron chi connectivity index (χ2n) is 8.30. The summed E-state index contributed by atoms with van der Waals surface area (Å²) in [6.45, 7) is 15.3. The molecule has 0 amide bonds. The SMILES string of the molecule is C=C(/N=C(\C)c1ccc(CC)cc1)c1ccc(CCC(CC)CCCC)cc1C. The molecule has 0 aromatic heterocycles. The van der Waals surface area contributed by atoms with Crippen LogP contribution in [0.3, 0.4) is 0 Å². The molecule has 2 aromatic carbocycles. The summed E-state index contributed by atoms with van der Waals surface area (Å²) in [6.07, 6.45) is 8.84. The Morgan fingerprint density at radius 3 is 2.24 bits per heavy atom. The van der Waals surface area contributed by atoms with Crippen molar-refractivity contribution in [2.75, 3.05) is 0 Å². The number of unbranched alkanes of at least 4 members (excludes halogenated alkanes) is 1. The van der Waals surface area contributed by atoms with E-state index in [0.717, 1.165) is 34.9 Å². The highest BCUT2D eigenvalue weighted by Gasteiger charge is 2.09. The van der Waals surface area contributed by atoms with Crippen LogP contribution in [-0.4, -0.2) is 5.71 Å². The standard InChI is InChI=1S/C28H39N/c1-7-10-11-24(8-2)12-13-26-16-19-28(21(4)20-26)23(6)29-22(5)27-17-14-25(9-3)15-18-27/h14-20,24H,6-13H2,1-5H3/b29-22+. The molecule has 1 unspecified atom stereocenters. The summed E-state index contributed by atoms with van der Waals surface area (Å²) >= 11 is 0. The molecule has 0 aliphatic carbocycles. The minimum atomic E-state index is 0.848. The first-order valence-electron chi connectivity index (χ1n) is 11.4. The van der Waals surface area contributed by atoms with Gasteiger partial charge in [-0.05, 0) is 61.3 Å². The molecule has 1 nitrogen and oxygen atoms in total. The Balaban J connectivity index is 2.05. The van der Waals surface area contributed by atoms with Gasteiger partial charge >= 0.3 is 0 Å². The Morgan fingerprint density at radius 2 is 1.66 bits per heavy atom. The zero-order valence-electron chi connectivity index (χ0n) is 19.2. The molecule has 0 heterocycles. The maximum atomic E-state index is 4.81. The molecule has 0 aliphatic heterocycles. The average molecular weight is 390 g/mol. The van der Waals surface area contributed by atoms with Crippen LogP contribution >= 0.6 is 0 Å². The number of benzene rings is 2. The van der Waals surface area contributed by atoms with Gasteiger partial charge in [-0.15, -0.1) is 0 Å². The molecule has 1 atom stereocenters. The minimum absolute atomic E-state index is 0.848. The Bertz CT molecular complexity index is 811. The van der Waals surface area contributed by atoms with Gasteiger partial charge in [0.05, 0.1) is 5.70 Å². The molecule has 2 rings (SSSR count). The average Bonchev–Trinajstić information content (AvgIpc) is 2.73. The van der Waals surface area contributed by atoms with Gasteiger partial charge in [-0.2, -0.15) is 0 Å². The number of rotatable bonds is 11. The van der Waals surface area contributed by atoms with Gasteiger partial charge in [-0.3, -0.25) is 4.99 Å². The summed E-state index contributed by atoms with van der Waals surface area (Å²) in [4.78, 5) is 4.81. The van der Waals surface area contributed by atoms with Crippen molar-refractivity contribution in [3.8, 4) is 0 Å². The van der Waals surface area contributed by atoms with E-state index in [1.165, 1.54) is 55.2 Å². The fourth-order valence-corrected chi connectivity index (χ4v) is 3.93. The molecular weight excluding hydrogens is 350 g/mol. The zero-order valence-corrected chi connectivity index (χ0v) is 19.2. The summed E-state index contributed by atoms with van der Waals surface area (Å²) in [5.41, 5.74) is 8.23. The van der Waals surface area contributed by atoms with E-state index in [0.29, 0.717) is 0 Å². The molecule has 1 heteroatoms. The largest absolute Gasteiger partial charge is 0.253 e. The lowest BCUT2D eigenvalue weighted by Crippen LogP contribution is -2.02. The van der Waals surface area contributed by atoms with Crippen LogP contribution in [0.25, 0.3) is 5.70 Å². The van der Waals surface area contributed by atoms with E-state index in [2.05, 4.69) is 83.7 Å². The van der Waals surface area contributed by atoms with Crippen molar-refractivity contribution >= 4 is 11.4 Å². The smallest absolute Gasteiger partial charge is 0.0636 e. The molecule has 0 fully saturated rings. The predicted octanol–water partition coefficient (Wildman–Crippen LogP) is 8.19. The number of aliphatic imine (C=N–C) groups is 1. The number of hydrogen-bond acceptors (Lipinski definition) is 1. The second-order valence-corrected chi connectivity index (χ2v) is 8.30. The van der Waals surface area contributed by atoms with Gasteiger partial charge in [-0.25, -0.2) is 0 Å². The van der Waals surface area contributed by atoms with E-state index >= 15 is 0 Å². The highest BCUT2D eigenvalue weighted by molar-refractivity contribution is 6.01. The first-order chi connectivity index (χ1) is 14.0. The van der Waals surface area contributed by atoms with Gasteiger partial charge in [0.1, 0.15) is 0 Å². The van der Waals surface area contributed by atoms with Crippen LogP contribution in [-0.2, 0) is 12.8 Å². The van der Waals surface area contributed by atoms with Gasteiger partial charge in [-0.1, -0.05) is 95.5 Å². The summed E-state index contributed by atoms with van der Waals surface area (Å²) in [5, 5.41) is 0. The lowest BCUT2D eigenvalue weighted by Gasteiger charge is -2.15. The zero-order chi connectivity index (χ0) is 21.2. The van der Waals surface area contributed by atoms with Crippen molar-refractivity contribution < 1.29 is 0 Å². The fraction of sp³-hybridized carbons (Fsp3) is 0.464. The molecule has 0 saturated carbocycles. The summed E-state index contributed by atoms with van der Waals surface area (Å²) in [7, 11) is 0. The van der Waals surface area contributed by atoms with Crippen molar-refractivity contribution in [1.82, 2.24) is 0 Å². The lowest BCUT2D eigenvalue weighted by molar-refractivity contribution is 0.422. The van der Waals surface area contributed by atoms with Crippen molar-refractivity contribution in [3.05, 3.63) is 76.9 Å². The van der Waals surface area contributed by atoms with Gasteiger partial charge in [0, 0.05) is 11.3 Å². The van der Waals surface area contributed by atoms with Crippen molar-refractivity contribution in [1.29, 1.82) is 0 Å². The van der Waals surface area contributed by atoms with Crippen LogP contribution in [0.15, 0.2) is 54.0 Å². The van der Waals surface area contributed by atoms with E-state index in [4.69, 9.17) is 4.99 Å². The van der Waals surface area contributed by atoms with Gasteiger partial charge in [0.25, 0.3) is 0 Å². The van der Waals surface area contributed by atoms with Crippen molar-refractivity contribution in [2.24, 2.45) is 10.9 Å². The monoisotopic (exact) mass is 389 g/mol. The fourth-order valence-electron chi connectivity index (χ4n) is 3.93. The molecule has 0 spiro atoms. The maximum Gasteiger partial charge on any atom is 0.0636 e. The maximum absolute atomic E-state index is 4.81. The van der Waals surface area contributed by atoms with Crippen molar-refractivity contribution in [2.45, 2.75) is 79.6 Å². The Labute approximate surface area is 179 Å². The van der Waals surface area contributed by atoms with Gasteiger partial charge in [0.2, 0.25) is 0 Å². The van der Waals surface area contributed by atoms with Gasteiger partial charge < -0.3 is 0 Å². The molecule has 2 aromatic rings. The molecule has 0 N–H and O–H groups in total. The summed E-state index contributed by atoms with van der Waals surface area (Å²) in [6, 6.07) is 15.5. The number of nitrogens with zero attached hydrogens (tertiary/aromatic N) is 1. The van der Waals surface area contributed by atoms with Crippen LogP contribution in [0.2, 0.25) is 0 Å². The van der Waals surface area contributed by atoms with E-state index in [-0.39, 0.29) is 0 Å². The van der Waals surface area contributed by atoms with Crippen LogP contribution in [0.1, 0.15) is 87.6 Å². The molecule has 0 bridgehead atoms. The summed E-state index contributed by atoms with van der Waals surface area (Å²) in [5.74, 6) is 0.858. The molecule has 0 aliphatic rings. The van der Waals surface area contributed by atoms with Crippen LogP contribution in [0.5, 0.6) is 0 Å². The Morgan fingerprint density at radius 1 is 0.966 bits per heavy atom. The van der Waals surface area contributed by atoms with E-state index < -0.39 is 0 Å². The van der Waals surface area contributed by atoms with Crippen molar-refractivity contribution in [3.63, 3.8) is 0 Å². The number of aryl methyl sites for hydroxylation is 3. The normalized spacial score (nSPS) is 12.8. The Hall–Kier alpha value is -2.15. The molecular formula is C28H39N. The number of hydrogen-bond donors (Lipinski definition) is 0. The highest BCUT2D eigenvalue weighted by atomic mass is 14.8. The lowest BCUT2D eigenvalue weighted by atomic mass is 9.91. The van der Waals surface area contributed by atoms with E-state index in [1.54, 1.807) is 0 Å². The van der Waals surface area contributed by atoms with E-state index in [9.17, 15) is 0 Å². The van der Waals surface area contributed by atoms with E-state index in [1.807, 2.05) is 0 Å². The highest BCUT2D eigenvalue weighted by Crippen LogP contribution is 2.24. The third kappa shape index (κ3) is 6.99. The predicted molar refractivity (Wildman–Crippen MR) is 130 cm³/mol. The first kappa shape index (κ1) is 23.1. The molecule has 156 valence electrons. The first-order valence-corrected chi connectivity index (χ1v) is 11.4. The minimum Gasteiger partial charge on any atom is -0.253 e. The van der Waals surface area contributed by atoms with Crippen LogP contribution in [0, 0.1) is 12.8 Å². The van der Waals surface area contributed by atoms with Gasteiger partial charge in [0.15, 0.2) is 0 Å². The third-order valence-electron chi connectivity index (χ3n) is 6.07. The summed E-state index contributed by atoms with van der Waals surface area (Å²) < 4.78 is 0. The second kappa shape index (κ2) is 11.8. The molecule has 29 heavy (non-hydrogen) atoms. The quantitative estimate of drug-likeness (QED) is 0.343. The van der Waals surface area contributed by atoms with Crippen LogP contribution in [0.4, 0.5) is 0 Å². The molecule has 0 saturated heterocycles. The molecule has 0 radical (unpaired) electrons.